The molecule has 0 atom stereocenters. The van der Waals surface area contributed by atoms with Crippen LogP contribution in [0.5, 0.6) is 5.75 Å². The lowest BCUT2D eigenvalue weighted by molar-refractivity contribution is 0.0967. The van der Waals surface area contributed by atoms with E-state index >= 15 is 0 Å². The van der Waals surface area contributed by atoms with Crippen LogP contribution in [0.15, 0.2) is 52.9 Å². The lowest BCUT2D eigenvalue weighted by Gasteiger charge is -2.12. The first-order valence-electron chi connectivity index (χ1n) is 9.46. The second-order valence-electron chi connectivity index (χ2n) is 6.82. The molecule has 0 N–H and O–H groups in total. The zero-order chi connectivity index (χ0) is 21.7. The standard InChI is InChI=1S/C21H22NO3.BF4/c1-15-3-8-20-18(13-15)19(22-9-11-24-12-10-22)14-21(25-20)16-4-6-17(23-2)7-5-16;2-1(3,4)5/h3-8,13-14H,9-12H2,1-2H3;/q+1;-1. The largest absolute Gasteiger partial charge is 0.673 e. The molecule has 1 aliphatic heterocycles. The summed E-state index contributed by atoms with van der Waals surface area (Å²) in [6, 6.07) is 16.5. The van der Waals surface area contributed by atoms with E-state index in [9.17, 15) is 17.3 Å². The number of hydrogen-bond donors (Lipinski definition) is 0. The second-order valence-corrected chi connectivity index (χ2v) is 6.82. The first-order chi connectivity index (χ1) is 14.2. The van der Waals surface area contributed by atoms with Crippen molar-refractivity contribution >= 4 is 18.2 Å². The topological polar surface area (TPSA) is 34.6 Å². The van der Waals surface area contributed by atoms with E-state index in [0.29, 0.717) is 0 Å². The van der Waals surface area contributed by atoms with E-state index in [-0.39, 0.29) is 0 Å². The van der Waals surface area contributed by atoms with Crippen molar-refractivity contribution in [2.24, 2.45) is 0 Å². The number of aryl methyl sites for hydroxylation is 1. The van der Waals surface area contributed by atoms with Crippen molar-refractivity contribution < 1.29 is 31.2 Å². The molecule has 30 heavy (non-hydrogen) atoms. The quantitative estimate of drug-likeness (QED) is 0.346. The number of nitrogens with zero attached hydrogens (tertiary/aromatic N) is 1. The average molecular weight is 423 g/mol. The lowest BCUT2D eigenvalue weighted by Crippen LogP contribution is -2.40. The molecule has 0 spiro atoms. The molecule has 4 nitrogen and oxygen atoms in total. The summed E-state index contributed by atoms with van der Waals surface area (Å²) in [5, 5.41) is 2.36. The molecule has 1 aromatic heterocycles. The van der Waals surface area contributed by atoms with Crippen LogP contribution < -0.4 is 14.7 Å². The normalized spacial score (nSPS) is 14.3. The fourth-order valence-corrected chi connectivity index (χ4v) is 3.25. The zero-order valence-electron chi connectivity index (χ0n) is 16.7. The van der Waals surface area contributed by atoms with Gasteiger partial charge in [0.1, 0.15) is 30.3 Å². The Hall–Kier alpha value is -2.81. The molecule has 0 unspecified atom stereocenters. The molecule has 160 valence electrons. The lowest BCUT2D eigenvalue weighted by atomic mass is 10.1. The number of hydrogen-bond acceptors (Lipinski definition) is 3. The number of methoxy groups -OCH3 is 1. The van der Waals surface area contributed by atoms with Crippen molar-refractivity contribution in [2.75, 3.05) is 33.4 Å². The SMILES string of the molecule is COc1ccc(-c2cc(=[N+]3CCOCC3)c3cc(C)ccc3o2)cc1.F[B-](F)(F)F. The van der Waals surface area contributed by atoms with Crippen LogP contribution in [0, 0.1) is 6.92 Å². The maximum Gasteiger partial charge on any atom is 0.673 e. The minimum Gasteiger partial charge on any atom is -0.497 e. The van der Waals surface area contributed by atoms with Gasteiger partial charge >= 0.3 is 7.25 Å². The predicted molar refractivity (Wildman–Crippen MR) is 109 cm³/mol. The monoisotopic (exact) mass is 423 g/mol. The first-order valence-corrected chi connectivity index (χ1v) is 9.46. The number of benzene rings is 2. The summed E-state index contributed by atoms with van der Waals surface area (Å²) in [7, 11) is -4.33. The highest BCUT2D eigenvalue weighted by Gasteiger charge is 2.20. The number of rotatable bonds is 2. The molecular weight excluding hydrogens is 401 g/mol. The molecule has 2 aromatic carbocycles. The smallest absolute Gasteiger partial charge is 0.497 e. The highest BCUT2D eigenvalue weighted by Crippen LogP contribution is 2.24. The van der Waals surface area contributed by atoms with Gasteiger partial charge in [-0.3, -0.25) is 0 Å². The number of morpholine rings is 1. The highest BCUT2D eigenvalue weighted by atomic mass is 19.5. The molecule has 1 aliphatic rings. The predicted octanol–water partition coefficient (Wildman–Crippen LogP) is 4.52. The van der Waals surface area contributed by atoms with Gasteiger partial charge < -0.3 is 31.2 Å². The van der Waals surface area contributed by atoms with E-state index in [1.807, 2.05) is 24.3 Å². The van der Waals surface area contributed by atoms with Crippen molar-refractivity contribution in [1.29, 1.82) is 0 Å². The number of ether oxygens (including phenoxy) is 2. The molecule has 2 heterocycles. The second kappa shape index (κ2) is 9.34. The summed E-state index contributed by atoms with van der Waals surface area (Å²) in [6.45, 7) is 5.43. The summed E-state index contributed by atoms with van der Waals surface area (Å²) in [5.74, 6) is 1.70. The van der Waals surface area contributed by atoms with Gasteiger partial charge in [-0.25, -0.2) is 4.58 Å². The van der Waals surface area contributed by atoms with Gasteiger partial charge in [-0.2, -0.15) is 0 Å². The van der Waals surface area contributed by atoms with Crippen LogP contribution >= 0.6 is 0 Å². The van der Waals surface area contributed by atoms with E-state index in [2.05, 4.69) is 35.8 Å². The van der Waals surface area contributed by atoms with Gasteiger partial charge in [0, 0.05) is 5.56 Å². The van der Waals surface area contributed by atoms with Gasteiger partial charge in [0.15, 0.2) is 13.1 Å². The van der Waals surface area contributed by atoms with Crippen LogP contribution in [0.2, 0.25) is 0 Å². The van der Waals surface area contributed by atoms with Crippen LogP contribution in [-0.4, -0.2) is 40.7 Å². The van der Waals surface area contributed by atoms with Gasteiger partial charge in [-0.1, -0.05) is 11.6 Å². The minimum atomic E-state index is -6.00. The molecule has 1 saturated heterocycles. The summed E-state index contributed by atoms with van der Waals surface area (Å²) in [6.07, 6.45) is 0. The van der Waals surface area contributed by atoms with Crippen molar-refractivity contribution in [3.05, 3.63) is 59.5 Å². The van der Waals surface area contributed by atoms with Crippen LogP contribution in [0.25, 0.3) is 22.3 Å². The molecule has 0 radical (unpaired) electrons. The van der Waals surface area contributed by atoms with Gasteiger partial charge in [0.2, 0.25) is 5.36 Å². The molecule has 4 rings (SSSR count). The number of halogens is 4. The molecule has 0 amide bonds. The first kappa shape index (κ1) is 21.9. The van der Waals surface area contributed by atoms with Crippen molar-refractivity contribution in [1.82, 2.24) is 4.58 Å². The van der Waals surface area contributed by atoms with E-state index in [0.717, 1.165) is 54.3 Å². The summed E-state index contributed by atoms with van der Waals surface area (Å²) in [4.78, 5) is 0. The Morgan fingerprint density at radius 3 is 2.17 bits per heavy atom. The van der Waals surface area contributed by atoms with E-state index < -0.39 is 7.25 Å². The Kier molecular flexibility index (Phi) is 6.82. The van der Waals surface area contributed by atoms with Crippen LogP contribution in [0.3, 0.4) is 0 Å². The summed E-state index contributed by atoms with van der Waals surface area (Å²) >= 11 is 0. The van der Waals surface area contributed by atoms with Gasteiger partial charge in [0.25, 0.3) is 0 Å². The Morgan fingerprint density at radius 2 is 1.57 bits per heavy atom. The molecule has 0 saturated carbocycles. The Morgan fingerprint density at radius 1 is 0.933 bits per heavy atom. The van der Waals surface area contributed by atoms with Crippen LogP contribution in [0.4, 0.5) is 17.3 Å². The van der Waals surface area contributed by atoms with Crippen molar-refractivity contribution in [2.45, 2.75) is 6.92 Å². The van der Waals surface area contributed by atoms with Gasteiger partial charge in [-0.15, -0.1) is 0 Å². The van der Waals surface area contributed by atoms with E-state index in [4.69, 9.17) is 13.9 Å². The highest BCUT2D eigenvalue weighted by molar-refractivity contribution is 6.50. The fraction of sp³-hybridized carbons (Fsp3) is 0.286. The Labute approximate surface area is 171 Å². The Balaban J connectivity index is 0.000000461. The third-order valence-corrected chi connectivity index (χ3v) is 4.63. The maximum absolute atomic E-state index is 9.75. The minimum absolute atomic E-state index is 0.761. The molecule has 0 bridgehead atoms. The van der Waals surface area contributed by atoms with Gasteiger partial charge in [-0.05, 0) is 43.3 Å². The summed E-state index contributed by atoms with van der Waals surface area (Å²) < 4.78 is 58.4. The average Bonchev–Trinajstić information content (AvgIpc) is 2.72. The van der Waals surface area contributed by atoms with E-state index in [1.165, 1.54) is 10.9 Å². The van der Waals surface area contributed by atoms with Crippen LogP contribution in [-0.2, 0) is 4.74 Å². The maximum atomic E-state index is 9.75. The third-order valence-electron chi connectivity index (χ3n) is 4.63. The molecule has 9 heteroatoms. The van der Waals surface area contributed by atoms with Gasteiger partial charge in [0.05, 0.1) is 18.6 Å². The van der Waals surface area contributed by atoms with Crippen LogP contribution in [0.1, 0.15) is 5.56 Å². The molecular formula is C21H22BF4NO3. The molecule has 1 fully saturated rings. The van der Waals surface area contributed by atoms with Crippen molar-refractivity contribution in [3.8, 4) is 17.1 Å². The zero-order valence-corrected chi connectivity index (χ0v) is 16.7. The fourth-order valence-electron chi connectivity index (χ4n) is 3.25. The Bertz CT molecular complexity index is 1060. The number of fused-ring (bicyclic) bond motifs is 1. The van der Waals surface area contributed by atoms with E-state index in [1.54, 1.807) is 7.11 Å². The molecule has 0 aliphatic carbocycles. The third kappa shape index (κ3) is 5.85. The molecule has 3 aromatic rings. The van der Waals surface area contributed by atoms with Crippen molar-refractivity contribution in [3.63, 3.8) is 0 Å². The summed E-state index contributed by atoms with van der Waals surface area (Å²) in [5.41, 5.74) is 3.17.